The van der Waals surface area contributed by atoms with Crippen molar-refractivity contribution in [3.05, 3.63) is 29.8 Å². The van der Waals surface area contributed by atoms with Gasteiger partial charge in [-0.3, -0.25) is 4.79 Å². The monoisotopic (exact) mass is 269 g/mol. The van der Waals surface area contributed by atoms with Gasteiger partial charge in [0.25, 0.3) is 0 Å². The number of amides is 1. The number of benzene rings is 1. The zero-order valence-corrected chi connectivity index (χ0v) is 11.5. The Hall–Kier alpha value is -1.22. The van der Waals surface area contributed by atoms with Gasteiger partial charge >= 0.3 is 0 Å². The van der Waals surface area contributed by atoms with Crippen LogP contribution in [0, 0.1) is 0 Å². The van der Waals surface area contributed by atoms with Crippen LogP contribution in [0.2, 0.25) is 0 Å². The Kier molecular flexibility index (Phi) is 7.26. The van der Waals surface area contributed by atoms with Crippen LogP contribution in [-0.4, -0.2) is 18.4 Å². The van der Waals surface area contributed by atoms with Crippen LogP contribution in [0.25, 0.3) is 0 Å². The van der Waals surface area contributed by atoms with Crippen LogP contribution in [0.5, 0.6) is 5.75 Å². The van der Waals surface area contributed by atoms with E-state index in [-0.39, 0.29) is 5.91 Å². The lowest BCUT2D eigenvalue weighted by Gasteiger charge is -2.08. The minimum atomic E-state index is 0.0375. The molecule has 0 aliphatic rings. The first-order valence-corrected chi connectivity index (χ1v) is 6.84. The van der Waals surface area contributed by atoms with Crippen molar-refractivity contribution < 1.29 is 9.53 Å². The van der Waals surface area contributed by atoms with Crippen molar-refractivity contribution in [2.75, 3.05) is 12.5 Å². The number of hydrogen-bond acceptors (Lipinski definition) is 2. The Bertz CT molecular complexity index is 369. The number of ether oxygens (including phenoxy) is 1. The number of rotatable bonds is 8. The third-order valence-corrected chi connectivity index (χ3v) is 2.67. The second kappa shape index (κ2) is 8.81. The number of alkyl halides is 1. The number of carbonyl (C=O) groups excluding carboxylic acids is 1. The highest BCUT2D eigenvalue weighted by atomic mass is 35.5. The van der Waals surface area contributed by atoms with Gasteiger partial charge in [0.05, 0.1) is 6.61 Å². The summed E-state index contributed by atoms with van der Waals surface area (Å²) in [4.78, 5) is 11.4. The van der Waals surface area contributed by atoms with Gasteiger partial charge in [-0.25, -0.2) is 0 Å². The molecule has 100 valence electrons. The molecule has 0 bridgehead atoms. The van der Waals surface area contributed by atoms with Gasteiger partial charge in [0.1, 0.15) is 5.75 Å². The molecule has 4 heteroatoms. The maximum atomic E-state index is 11.4. The maximum absolute atomic E-state index is 11.4. The Morgan fingerprint density at radius 2 is 2.28 bits per heavy atom. The molecule has 0 aliphatic carbocycles. The summed E-state index contributed by atoms with van der Waals surface area (Å²) >= 11 is 5.54. The van der Waals surface area contributed by atoms with E-state index in [4.69, 9.17) is 16.3 Å². The van der Waals surface area contributed by atoms with Gasteiger partial charge in [0, 0.05) is 18.8 Å². The molecule has 0 saturated carbocycles. The van der Waals surface area contributed by atoms with Crippen molar-refractivity contribution in [1.29, 1.82) is 0 Å². The largest absolute Gasteiger partial charge is 0.494 e. The molecule has 1 rings (SSSR count). The van der Waals surface area contributed by atoms with Crippen molar-refractivity contribution in [1.82, 2.24) is 5.32 Å². The first-order valence-electron chi connectivity index (χ1n) is 6.30. The van der Waals surface area contributed by atoms with Crippen molar-refractivity contribution in [3.63, 3.8) is 0 Å². The second-order valence-electron chi connectivity index (χ2n) is 4.07. The molecule has 1 amide bonds. The molecule has 0 aliphatic heterocycles. The van der Waals surface area contributed by atoms with Crippen LogP contribution >= 0.6 is 11.6 Å². The summed E-state index contributed by atoms with van der Waals surface area (Å²) < 4.78 is 5.54. The average molecular weight is 270 g/mol. The highest BCUT2D eigenvalue weighted by molar-refractivity contribution is 6.17. The first-order chi connectivity index (χ1) is 8.76. The van der Waals surface area contributed by atoms with Crippen LogP contribution in [0.1, 0.15) is 31.7 Å². The normalized spacial score (nSPS) is 10.1. The van der Waals surface area contributed by atoms with Crippen molar-refractivity contribution in [2.24, 2.45) is 0 Å². The van der Waals surface area contributed by atoms with E-state index >= 15 is 0 Å². The van der Waals surface area contributed by atoms with Crippen molar-refractivity contribution in [3.8, 4) is 5.75 Å². The van der Waals surface area contributed by atoms with E-state index < -0.39 is 0 Å². The highest BCUT2D eigenvalue weighted by Gasteiger charge is 2.01. The van der Waals surface area contributed by atoms with Gasteiger partial charge < -0.3 is 10.1 Å². The number of carbonyl (C=O) groups is 1. The Morgan fingerprint density at radius 3 is 3.00 bits per heavy atom. The molecule has 0 radical (unpaired) electrons. The molecule has 0 heterocycles. The zero-order valence-electron chi connectivity index (χ0n) is 10.7. The fourth-order valence-corrected chi connectivity index (χ4v) is 1.62. The summed E-state index contributed by atoms with van der Waals surface area (Å²) in [5.74, 6) is 1.41. The van der Waals surface area contributed by atoms with Gasteiger partial charge in [-0.1, -0.05) is 19.1 Å². The van der Waals surface area contributed by atoms with E-state index in [9.17, 15) is 4.79 Å². The van der Waals surface area contributed by atoms with Gasteiger partial charge in [-0.15, -0.1) is 11.6 Å². The lowest BCUT2D eigenvalue weighted by molar-refractivity contribution is -0.121. The van der Waals surface area contributed by atoms with Crippen LogP contribution in [0.4, 0.5) is 0 Å². The van der Waals surface area contributed by atoms with Crippen LogP contribution in [0.15, 0.2) is 24.3 Å². The molecule has 0 spiro atoms. The molecule has 0 saturated heterocycles. The summed E-state index contributed by atoms with van der Waals surface area (Å²) in [6, 6.07) is 7.79. The molecule has 0 unspecified atom stereocenters. The molecule has 3 nitrogen and oxygen atoms in total. The van der Waals surface area contributed by atoms with Crippen LogP contribution < -0.4 is 10.1 Å². The van der Waals surface area contributed by atoms with E-state index in [2.05, 4.69) is 12.2 Å². The van der Waals surface area contributed by atoms with E-state index in [1.807, 2.05) is 24.3 Å². The minimum Gasteiger partial charge on any atom is -0.494 e. The second-order valence-corrected chi connectivity index (χ2v) is 4.44. The molecule has 0 aromatic heterocycles. The summed E-state index contributed by atoms with van der Waals surface area (Å²) in [6.07, 6.45) is 2.18. The number of hydrogen-bond donors (Lipinski definition) is 1. The van der Waals surface area contributed by atoms with E-state index in [0.717, 1.165) is 17.7 Å². The third-order valence-electron chi connectivity index (χ3n) is 2.40. The van der Waals surface area contributed by atoms with Crippen LogP contribution in [-0.2, 0) is 11.3 Å². The number of nitrogens with one attached hydrogen (secondary N) is 1. The number of halogens is 1. The Morgan fingerprint density at radius 1 is 1.44 bits per heavy atom. The minimum absolute atomic E-state index is 0.0375. The molecule has 1 aromatic carbocycles. The van der Waals surface area contributed by atoms with E-state index in [1.54, 1.807) is 0 Å². The fourth-order valence-electron chi connectivity index (χ4n) is 1.48. The van der Waals surface area contributed by atoms with Gasteiger partial charge in [0.2, 0.25) is 5.91 Å². The quantitative estimate of drug-likeness (QED) is 0.737. The van der Waals surface area contributed by atoms with Crippen molar-refractivity contribution >= 4 is 17.5 Å². The molecule has 1 N–H and O–H groups in total. The van der Waals surface area contributed by atoms with Crippen molar-refractivity contribution in [2.45, 2.75) is 32.7 Å². The standard InChI is InChI=1S/C14H20ClNO2/c1-2-9-18-13-6-3-5-12(10-13)11-16-14(17)7-4-8-15/h3,5-6,10H,2,4,7-9,11H2,1H3,(H,16,17). The summed E-state index contributed by atoms with van der Waals surface area (Å²) in [5, 5.41) is 2.86. The summed E-state index contributed by atoms with van der Waals surface area (Å²) in [6.45, 7) is 3.32. The van der Waals surface area contributed by atoms with Gasteiger partial charge in [0.15, 0.2) is 0 Å². The molecule has 1 aromatic rings. The molecule has 0 fully saturated rings. The first kappa shape index (κ1) is 14.8. The fraction of sp³-hybridized carbons (Fsp3) is 0.500. The zero-order chi connectivity index (χ0) is 13.2. The van der Waals surface area contributed by atoms with E-state index in [1.165, 1.54) is 0 Å². The molecular formula is C14H20ClNO2. The predicted octanol–water partition coefficient (Wildman–Crippen LogP) is 3.11. The maximum Gasteiger partial charge on any atom is 0.220 e. The van der Waals surface area contributed by atoms with Gasteiger partial charge in [-0.2, -0.15) is 0 Å². The summed E-state index contributed by atoms with van der Waals surface area (Å²) in [5.41, 5.74) is 1.04. The SMILES string of the molecule is CCCOc1cccc(CNC(=O)CCCCl)c1. The summed E-state index contributed by atoms with van der Waals surface area (Å²) in [7, 11) is 0. The average Bonchev–Trinajstić information content (AvgIpc) is 2.41. The topological polar surface area (TPSA) is 38.3 Å². The Labute approximate surface area is 113 Å². The smallest absolute Gasteiger partial charge is 0.220 e. The molecular weight excluding hydrogens is 250 g/mol. The lowest BCUT2D eigenvalue weighted by atomic mass is 10.2. The molecule has 0 atom stereocenters. The lowest BCUT2D eigenvalue weighted by Crippen LogP contribution is -2.22. The Balaban J connectivity index is 2.39. The van der Waals surface area contributed by atoms with Gasteiger partial charge in [-0.05, 0) is 30.5 Å². The van der Waals surface area contributed by atoms with Crippen LogP contribution in [0.3, 0.4) is 0 Å². The molecule has 18 heavy (non-hydrogen) atoms. The highest BCUT2D eigenvalue weighted by Crippen LogP contribution is 2.13. The van der Waals surface area contributed by atoms with E-state index in [0.29, 0.717) is 31.9 Å². The third kappa shape index (κ3) is 5.92. The predicted molar refractivity (Wildman–Crippen MR) is 74.0 cm³/mol.